The summed E-state index contributed by atoms with van der Waals surface area (Å²) in [4.78, 5) is 15.9. The largest absolute Gasteiger partial charge is 0.348 e. The van der Waals surface area contributed by atoms with Crippen LogP contribution >= 0.6 is 11.3 Å². The van der Waals surface area contributed by atoms with E-state index in [2.05, 4.69) is 15.7 Å². The van der Waals surface area contributed by atoms with E-state index in [1.165, 1.54) is 18.5 Å². The van der Waals surface area contributed by atoms with E-state index in [0.29, 0.717) is 18.9 Å². The SMILES string of the molecule is CC[C@H](N)C(=O)NCc1nc(C2CC2)cs1. The van der Waals surface area contributed by atoms with Crippen molar-refractivity contribution in [2.75, 3.05) is 0 Å². The van der Waals surface area contributed by atoms with Crippen LogP contribution in [0.1, 0.15) is 42.8 Å². The molecule has 1 aromatic rings. The second kappa shape index (κ2) is 4.93. The molecule has 16 heavy (non-hydrogen) atoms. The summed E-state index contributed by atoms with van der Waals surface area (Å²) >= 11 is 1.61. The van der Waals surface area contributed by atoms with Crippen molar-refractivity contribution >= 4 is 17.2 Å². The second-order valence-corrected chi connectivity index (χ2v) is 5.12. The van der Waals surface area contributed by atoms with E-state index < -0.39 is 6.04 Å². The topological polar surface area (TPSA) is 68.0 Å². The molecule has 0 bridgehead atoms. The predicted molar refractivity (Wildman–Crippen MR) is 64.2 cm³/mol. The molecule has 2 rings (SSSR count). The Morgan fingerprint density at radius 3 is 3.12 bits per heavy atom. The van der Waals surface area contributed by atoms with E-state index in [4.69, 9.17) is 5.73 Å². The van der Waals surface area contributed by atoms with E-state index in [9.17, 15) is 4.79 Å². The molecular weight excluding hydrogens is 222 g/mol. The molecule has 4 nitrogen and oxygen atoms in total. The maximum absolute atomic E-state index is 11.4. The Hall–Kier alpha value is -0.940. The van der Waals surface area contributed by atoms with Crippen molar-refractivity contribution in [2.45, 2.75) is 44.7 Å². The van der Waals surface area contributed by atoms with E-state index in [1.807, 2.05) is 6.92 Å². The lowest BCUT2D eigenvalue weighted by Gasteiger charge is -2.08. The fraction of sp³-hybridized carbons (Fsp3) is 0.636. The summed E-state index contributed by atoms with van der Waals surface area (Å²) in [5, 5.41) is 5.87. The number of thiazole rings is 1. The normalized spacial score (nSPS) is 17.1. The Balaban J connectivity index is 1.82. The Labute approximate surface area is 99.3 Å². The summed E-state index contributed by atoms with van der Waals surface area (Å²) in [5.41, 5.74) is 6.80. The molecule has 3 N–H and O–H groups in total. The summed E-state index contributed by atoms with van der Waals surface area (Å²) in [6.07, 6.45) is 3.18. The summed E-state index contributed by atoms with van der Waals surface area (Å²) in [6.45, 7) is 2.41. The van der Waals surface area contributed by atoms with Crippen LogP contribution in [-0.4, -0.2) is 16.9 Å². The van der Waals surface area contributed by atoms with Crippen molar-refractivity contribution in [3.8, 4) is 0 Å². The van der Waals surface area contributed by atoms with Crippen molar-refractivity contribution in [1.82, 2.24) is 10.3 Å². The molecule has 88 valence electrons. The van der Waals surface area contributed by atoms with Crippen molar-refractivity contribution < 1.29 is 4.79 Å². The molecule has 0 saturated heterocycles. The summed E-state index contributed by atoms with van der Waals surface area (Å²) in [6, 6.07) is -0.400. The van der Waals surface area contributed by atoms with Gasteiger partial charge in [0.15, 0.2) is 0 Å². The maximum atomic E-state index is 11.4. The monoisotopic (exact) mass is 239 g/mol. The van der Waals surface area contributed by atoms with Crippen LogP contribution in [0.15, 0.2) is 5.38 Å². The van der Waals surface area contributed by atoms with Crippen LogP contribution in [0, 0.1) is 0 Å². The summed E-state index contributed by atoms with van der Waals surface area (Å²) in [7, 11) is 0. The molecular formula is C11H17N3OS. The van der Waals surface area contributed by atoms with Crippen LogP contribution < -0.4 is 11.1 Å². The van der Waals surface area contributed by atoms with Crippen LogP contribution in [0.5, 0.6) is 0 Å². The molecule has 1 amide bonds. The zero-order valence-corrected chi connectivity index (χ0v) is 10.2. The second-order valence-electron chi connectivity index (χ2n) is 4.17. The van der Waals surface area contributed by atoms with Gasteiger partial charge in [0.25, 0.3) is 0 Å². The Bertz CT molecular complexity index is 373. The summed E-state index contributed by atoms with van der Waals surface area (Å²) < 4.78 is 0. The number of nitrogens with one attached hydrogen (secondary N) is 1. The number of carbonyl (C=O) groups is 1. The highest BCUT2D eigenvalue weighted by Gasteiger charge is 2.26. The first-order valence-corrected chi connectivity index (χ1v) is 6.56. The van der Waals surface area contributed by atoms with Crippen molar-refractivity contribution in [3.63, 3.8) is 0 Å². The van der Waals surface area contributed by atoms with Crippen LogP contribution in [0.25, 0.3) is 0 Å². The predicted octanol–water partition coefficient (Wildman–Crippen LogP) is 1.37. The van der Waals surface area contributed by atoms with Gasteiger partial charge < -0.3 is 11.1 Å². The fourth-order valence-electron chi connectivity index (χ4n) is 1.45. The number of hydrogen-bond donors (Lipinski definition) is 2. The standard InChI is InChI=1S/C11H17N3OS/c1-2-8(12)11(15)13-5-10-14-9(6-16-10)7-3-4-7/h6-8H,2-5,12H2,1H3,(H,13,15)/t8-/m0/s1. The van der Waals surface area contributed by atoms with Crippen LogP contribution in [0.3, 0.4) is 0 Å². The molecule has 1 fully saturated rings. The van der Waals surface area contributed by atoms with Crippen LogP contribution in [0.4, 0.5) is 0 Å². The minimum absolute atomic E-state index is 0.0920. The van der Waals surface area contributed by atoms with Gasteiger partial charge in [-0.3, -0.25) is 4.79 Å². The minimum atomic E-state index is -0.400. The molecule has 1 aliphatic carbocycles. The van der Waals surface area contributed by atoms with Crippen molar-refractivity contribution in [1.29, 1.82) is 0 Å². The first-order valence-electron chi connectivity index (χ1n) is 5.68. The number of aromatic nitrogens is 1. The third kappa shape index (κ3) is 2.80. The van der Waals surface area contributed by atoms with Gasteiger partial charge in [-0.25, -0.2) is 4.98 Å². The van der Waals surface area contributed by atoms with Gasteiger partial charge in [-0.1, -0.05) is 6.92 Å². The quantitative estimate of drug-likeness (QED) is 0.815. The molecule has 0 unspecified atom stereocenters. The highest BCUT2D eigenvalue weighted by Crippen LogP contribution is 2.40. The summed E-state index contributed by atoms with van der Waals surface area (Å²) in [5.74, 6) is 0.587. The zero-order chi connectivity index (χ0) is 11.5. The van der Waals surface area contributed by atoms with Crippen molar-refractivity contribution in [3.05, 3.63) is 16.1 Å². The van der Waals surface area contributed by atoms with E-state index in [-0.39, 0.29) is 5.91 Å². The van der Waals surface area contributed by atoms with E-state index in [1.54, 1.807) is 11.3 Å². The number of nitrogens with two attached hydrogens (primary N) is 1. The zero-order valence-electron chi connectivity index (χ0n) is 9.40. The number of rotatable bonds is 5. The third-order valence-corrected chi connectivity index (χ3v) is 3.62. The maximum Gasteiger partial charge on any atom is 0.237 e. The smallest absolute Gasteiger partial charge is 0.237 e. The third-order valence-electron chi connectivity index (χ3n) is 2.76. The first kappa shape index (κ1) is 11.5. The number of nitrogens with zero attached hydrogens (tertiary/aromatic N) is 1. The molecule has 0 aromatic carbocycles. The van der Waals surface area contributed by atoms with Gasteiger partial charge in [0, 0.05) is 11.3 Å². The van der Waals surface area contributed by atoms with Gasteiger partial charge >= 0.3 is 0 Å². The number of carbonyl (C=O) groups excluding carboxylic acids is 1. The van der Waals surface area contributed by atoms with Gasteiger partial charge in [-0.2, -0.15) is 0 Å². The van der Waals surface area contributed by atoms with Gasteiger partial charge in [0.05, 0.1) is 18.3 Å². The highest BCUT2D eigenvalue weighted by atomic mass is 32.1. The Morgan fingerprint density at radius 2 is 2.50 bits per heavy atom. The molecule has 1 heterocycles. The molecule has 5 heteroatoms. The lowest BCUT2D eigenvalue weighted by Crippen LogP contribution is -2.39. The lowest BCUT2D eigenvalue weighted by atomic mass is 10.2. The highest BCUT2D eigenvalue weighted by molar-refractivity contribution is 7.09. The molecule has 1 aromatic heterocycles. The number of hydrogen-bond acceptors (Lipinski definition) is 4. The first-order chi connectivity index (χ1) is 7.70. The van der Waals surface area contributed by atoms with Crippen LogP contribution in [-0.2, 0) is 11.3 Å². The average molecular weight is 239 g/mol. The molecule has 0 spiro atoms. The van der Waals surface area contributed by atoms with Crippen LogP contribution in [0.2, 0.25) is 0 Å². The van der Waals surface area contributed by atoms with Crippen molar-refractivity contribution in [2.24, 2.45) is 5.73 Å². The Morgan fingerprint density at radius 1 is 1.75 bits per heavy atom. The molecule has 0 radical (unpaired) electrons. The molecule has 1 aliphatic rings. The van der Waals surface area contributed by atoms with Gasteiger partial charge in [0.1, 0.15) is 5.01 Å². The van der Waals surface area contributed by atoms with Gasteiger partial charge in [-0.15, -0.1) is 11.3 Å². The fourth-order valence-corrected chi connectivity index (χ4v) is 2.27. The number of amides is 1. The van der Waals surface area contributed by atoms with E-state index in [0.717, 1.165) is 5.01 Å². The Kier molecular flexibility index (Phi) is 3.56. The minimum Gasteiger partial charge on any atom is -0.348 e. The lowest BCUT2D eigenvalue weighted by molar-refractivity contribution is -0.122. The molecule has 0 aliphatic heterocycles. The average Bonchev–Trinajstić information content (AvgIpc) is 3.05. The molecule has 1 atom stereocenters. The van der Waals surface area contributed by atoms with Gasteiger partial charge in [-0.05, 0) is 19.3 Å². The van der Waals surface area contributed by atoms with Gasteiger partial charge in [0.2, 0.25) is 5.91 Å². The van der Waals surface area contributed by atoms with E-state index >= 15 is 0 Å². The molecule has 1 saturated carbocycles.